The quantitative estimate of drug-likeness (QED) is 0.824. The zero-order chi connectivity index (χ0) is 13.2. The lowest BCUT2D eigenvalue weighted by atomic mass is 9.92. The number of benzene rings is 1. The number of likely N-dealkylation sites (N-methyl/N-ethyl adjacent to an activating group) is 1. The Morgan fingerprint density at radius 3 is 2.89 bits per heavy atom. The smallest absolute Gasteiger partial charge is 0.123 e. The van der Waals surface area contributed by atoms with Crippen LogP contribution in [0.15, 0.2) is 18.2 Å². The van der Waals surface area contributed by atoms with Gasteiger partial charge < -0.3 is 15.3 Å². The van der Waals surface area contributed by atoms with Crippen molar-refractivity contribution in [2.45, 2.75) is 18.4 Å². The summed E-state index contributed by atoms with van der Waals surface area (Å²) in [4.78, 5) is 2.10. The average Bonchev–Trinajstić information content (AvgIpc) is 2.68. The Hall–Kier alpha value is -0.970. The second-order valence-electron chi connectivity index (χ2n) is 5.27. The molecule has 1 aromatic rings. The normalized spacial score (nSPS) is 22.5. The van der Waals surface area contributed by atoms with Gasteiger partial charge in [-0.15, -0.1) is 0 Å². The van der Waals surface area contributed by atoms with E-state index in [1.165, 1.54) is 6.07 Å². The molecule has 4 heteroatoms. The van der Waals surface area contributed by atoms with Crippen molar-refractivity contribution in [2.75, 3.05) is 33.8 Å². The fraction of sp³-hybridized carbons (Fsp3) is 0.571. The highest BCUT2D eigenvalue weighted by atomic mass is 19.1. The van der Waals surface area contributed by atoms with Crippen molar-refractivity contribution in [3.63, 3.8) is 0 Å². The standard InChI is InChI=1S/C14H21FN2O/c1-17(2)8-7-16-14(10-18)6-5-11-9-12(15)3-4-13(11)14/h3-4,9,16,18H,5-8,10H2,1-2H3. The SMILES string of the molecule is CN(C)CCNC1(CO)CCc2cc(F)ccc21. The molecule has 1 aliphatic rings. The Bertz CT molecular complexity index is 422. The lowest BCUT2D eigenvalue weighted by Crippen LogP contribution is -2.46. The van der Waals surface area contributed by atoms with Crippen LogP contribution < -0.4 is 5.32 Å². The van der Waals surface area contributed by atoms with Crippen molar-refractivity contribution in [3.8, 4) is 0 Å². The lowest BCUT2D eigenvalue weighted by Gasteiger charge is -2.30. The molecular formula is C14H21FN2O. The zero-order valence-electron chi connectivity index (χ0n) is 11.0. The number of fused-ring (bicyclic) bond motifs is 1. The van der Waals surface area contributed by atoms with Crippen LogP contribution in [0.5, 0.6) is 0 Å². The topological polar surface area (TPSA) is 35.5 Å². The first-order valence-corrected chi connectivity index (χ1v) is 6.37. The van der Waals surface area contributed by atoms with E-state index < -0.39 is 0 Å². The predicted octanol–water partition coefficient (Wildman–Crippen LogP) is 1.11. The minimum Gasteiger partial charge on any atom is -0.394 e. The molecular weight excluding hydrogens is 231 g/mol. The summed E-state index contributed by atoms with van der Waals surface area (Å²) in [5.74, 6) is -0.198. The molecule has 0 fully saturated rings. The summed E-state index contributed by atoms with van der Waals surface area (Å²) in [6, 6.07) is 4.86. The number of hydrogen-bond acceptors (Lipinski definition) is 3. The number of aryl methyl sites for hydroxylation is 1. The molecule has 0 saturated carbocycles. The first kappa shape index (κ1) is 13.5. The molecule has 2 rings (SSSR count). The minimum absolute atomic E-state index is 0.0546. The maximum absolute atomic E-state index is 13.2. The molecule has 2 N–H and O–H groups in total. The highest BCUT2D eigenvalue weighted by Gasteiger charge is 2.37. The van der Waals surface area contributed by atoms with Gasteiger partial charge in [-0.25, -0.2) is 4.39 Å². The van der Waals surface area contributed by atoms with Crippen molar-refractivity contribution >= 4 is 0 Å². The van der Waals surface area contributed by atoms with Gasteiger partial charge in [0.2, 0.25) is 0 Å². The van der Waals surface area contributed by atoms with E-state index in [4.69, 9.17) is 0 Å². The van der Waals surface area contributed by atoms with Crippen LogP contribution in [-0.4, -0.2) is 43.8 Å². The van der Waals surface area contributed by atoms with Gasteiger partial charge in [0, 0.05) is 13.1 Å². The molecule has 1 aromatic carbocycles. The predicted molar refractivity (Wildman–Crippen MR) is 70.0 cm³/mol. The largest absolute Gasteiger partial charge is 0.394 e. The van der Waals surface area contributed by atoms with Gasteiger partial charge in [-0.05, 0) is 50.2 Å². The van der Waals surface area contributed by atoms with Gasteiger partial charge >= 0.3 is 0 Å². The van der Waals surface area contributed by atoms with Crippen LogP contribution in [0.2, 0.25) is 0 Å². The van der Waals surface area contributed by atoms with Gasteiger partial charge in [0.05, 0.1) is 12.1 Å². The van der Waals surface area contributed by atoms with E-state index in [9.17, 15) is 9.50 Å². The zero-order valence-corrected chi connectivity index (χ0v) is 11.0. The molecule has 1 atom stereocenters. The second kappa shape index (κ2) is 5.34. The van der Waals surface area contributed by atoms with Crippen LogP contribution in [0.25, 0.3) is 0 Å². The monoisotopic (exact) mass is 252 g/mol. The molecule has 0 aromatic heterocycles. The summed E-state index contributed by atoms with van der Waals surface area (Å²) >= 11 is 0. The maximum atomic E-state index is 13.2. The summed E-state index contributed by atoms with van der Waals surface area (Å²) in [6.45, 7) is 1.78. The number of hydrogen-bond donors (Lipinski definition) is 2. The Labute approximate surface area is 108 Å². The summed E-state index contributed by atoms with van der Waals surface area (Å²) < 4.78 is 13.2. The molecule has 1 unspecified atom stereocenters. The Balaban J connectivity index is 2.15. The lowest BCUT2D eigenvalue weighted by molar-refractivity contribution is 0.157. The first-order chi connectivity index (χ1) is 8.57. The van der Waals surface area contributed by atoms with Gasteiger partial charge in [-0.2, -0.15) is 0 Å². The number of nitrogens with one attached hydrogen (secondary N) is 1. The maximum Gasteiger partial charge on any atom is 0.123 e. The average molecular weight is 252 g/mol. The first-order valence-electron chi connectivity index (χ1n) is 6.37. The molecule has 100 valence electrons. The molecule has 1 aliphatic carbocycles. The third kappa shape index (κ3) is 2.55. The summed E-state index contributed by atoms with van der Waals surface area (Å²) in [5, 5.41) is 13.2. The van der Waals surface area contributed by atoms with Crippen LogP contribution in [0.4, 0.5) is 4.39 Å². The molecule has 18 heavy (non-hydrogen) atoms. The van der Waals surface area contributed by atoms with Crippen LogP contribution in [-0.2, 0) is 12.0 Å². The molecule has 0 bridgehead atoms. The number of nitrogens with zero attached hydrogens (tertiary/aromatic N) is 1. The van der Waals surface area contributed by atoms with E-state index >= 15 is 0 Å². The van der Waals surface area contributed by atoms with Crippen LogP contribution >= 0.6 is 0 Å². The van der Waals surface area contributed by atoms with Crippen LogP contribution in [0.1, 0.15) is 17.5 Å². The van der Waals surface area contributed by atoms with Gasteiger partial charge in [-0.1, -0.05) is 6.07 Å². The molecule has 0 spiro atoms. The summed E-state index contributed by atoms with van der Waals surface area (Å²) in [7, 11) is 4.04. The Morgan fingerprint density at radius 1 is 1.44 bits per heavy atom. The van der Waals surface area contributed by atoms with Crippen molar-refractivity contribution in [3.05, 3.63) is 35.1 Å². The van der Waals surface area contributed by atoms with Gasteiger partial charge in [0.25, 0.3) is 0 Å². The molecule has 0 aliphatic heterocycles. The number of halogens is 1. The van der Waals surface area contributed by atoms with Crippen molar-refractivity contribution in [1.82, 2.24) is 10.2 Å². The number of aliphatic hydroxyl groups excluding tert-OH is 1. The minimum atomic E-state index is -0.390. The summed E-state index contributed by atoms with van der Waals surface area (Å²) in [6.07, 6.45) is 1.65. The number of rotatable bonds is 5. The van der Waals surface area contributed by atoms with E-state index in [-0.39, 0.29) is 18.0 Å². The third-order valence-electron chi connectivity index (χ3n) is 3.70. The molecule has 0 radical (unpaired) electrons. The second-order valence-corrected chi connectivity index (χ2v) is 5.27. The van der Waals surface area contributed by atoms with E-state index in [0.717, 1.165) is 37.1 Å². The molecule has 0 heterocycles. The highest BCUT2D eigenvalue weighted by molar-refractivity contribution is 5.39. The van der Waals surface area contributed by atoms with Crippen molar-refractivity contribution in [2.24, 2.45) is 0 Å². The van der Waals surface area contributed by atoms with Crippen molar-refractivity contribution in [1.29, 1.82) is 0 Å². The Kier molecular flexibility index (Phi) is 4.00. The van der Waals surface area contributed by atoms with Crippen molar-refractivity contribution < 1.29 is 9.50 Å². The van der Waals surface area contributed by atoms with Gasteiger partial charge in [-0.3, -0.25) is 0 Å². The summed E-state index contributed by atoms with van der Waals surface area (Å²) in [5.41, 5.74) is 1.67. The fourth-order valence-corrected chi connectivity index (χ4v) is 2.64. The Morgan fingerprint density at radius 2 is 2.22 bits per heavy atom. The molecule has 0 amide bonds. The number of aliphatic hydroxyl groups is 1. The van der Waals surface area contributed by atoms with Gasteiger partial charge in [0.1, 0.15) is 5.82 Å². The van der Waals surface area contributed by atoms with E-state index in [0.29, 0.717) is 0 Å². The van der Waals surface area contributed by atoms with E-state index in [2.05, 4.69) is 10.2 Å². The molecule has 3 nitrogen and oxygen atoms in total. The van der Waals surface area contributed by atoms with Gasteiger partial charge in [0.15, 0.2) is 0 Å². The highest BCUT2D eigenvalue weighted by Crippen LogP contribution is 2.36. The molecule has 0 saturated heterocycles. The third-order valence-corrected chi connectivity index (χ3v) is 3.70. The van der Waals surface area contributed by atoms with Crippen LogP contribution in [0, 0.1) is 5.82 Å². The fourth-order valence-electron chi connectivity index (χ4n) is 2.64. The van der Waals surface area contributed by atoms with Crippen LogP contribution in [0.3, 0.4) is 0 Å². The van der Waals surface area contributed by atoms with E-state index in [1.54, 1.807) is 12.1 Å². The van der Waals surface area contributed by atoms with E-state index in [1.807, 2.05) is 14.1 Å².